The molecule has 0 fully saturated rings. The molecule has 0 spiro atoms. The molecule has 0 radical (unpaired) electrons. The van der Waals surface area contributed by atoms with Crippen LogP contribution in [0.3, 0.4) is 0 Å². The van der Waals surface area contributed by atoms with Gasteiger partial charge in [-0.2, -0.15) is 0 Å². The zero-order valence-corrected chi connectivity index (χ0v) is 29.4. The SMILES string of the molecule is CCCCN(C(=O)Nc1c(C(C)C)cc(-c2cccc(C#CCN(C)Cc3cccnc3)c2)cc1C(C)C)c1cc2cccnc2[nH]c1=O. The lowest BCUT2D eigenvalue weighted by Gasteiger charge is -2.27. The first-order chi connectivity index (χ1) is 23.6. The van der Waals surface area contributed by atoms with E-state index in [1.54, 1.807) is 23.4 Å². The summed E-state index contributed by atoms with van der Waals surface area (Å²) in [5.41, 5.74) is 7.58. The maximum atomic E-state index is 14.1. The lowest BCUT2D eigenvalue weighted by atomic mass is 9.88. The van der Waals surface area contributed by atoms with Crippen molar-refractivity contribution < 1.29 is 4.79 Å². The van der Waals surface area contributed by atoms with Gasteiger partial charge in [0.05, 0.1) is 6.54 Å². The number of aromatic amines is 1. The molecule has 0 aliphatic carbocycles. The van der Waals surface area contributed by atoms with Gasteiger partial charge >= 0.3 is 6.03 Å². The molecule has 49 heavy (non-hydrogen) atoms. The number of fused-ring (bicyclic) bond motifs is 1. The number of anilines is 2. The molecule has 0 aliphatic heterocycles. The van der Waals surface area contributed by atoms with Crippen LogP contribution in [-0.4, -0.2) is 46.0 Å². The molecule has 2 N–H and O–H groups in total. The second kappa shape index (κ2) is 16.2. The molecule has 3 aromatic heterocycles. The van der Waals surface area contributed by atoms with Crippen LogP contribution >= 0.6 is 0 Å². The Morgan fingerprint density at radius 2 is 1.69 bits per heavy atom. The summed E-state index contributed by atoms with van der Waals surface area (Å²) in [5.74, 6) is 6.92. The molecule has 0 unspecified atom stereocenters. The van der Waals surface area contributed by atoms with Crippen molar-refractivity contribution in [1.82, 2.24) is 19.9 Å². The Bertz CT molecular complexity index is 1990. The van der Waals surface area contributed by atoms with Crippen LogP contribution in [-0.2, 0) is 6.54 Å². The third-order valence-corrected chi connectivity index (χ3v) is 8.50. The standard InChI is InChI=1S/C41H46N6O2/c1-7-8-21-47(37-25-33-17-11-19-43-39(33)45-40(37)48)41(49)44-38-35(28(2)3)23-34(24-36(38)29(4)5)32-16-9-13-30(22-32)15-12-20-46(6)27-31-14-10-18-42-26-31/h9-11,13-14,16-19,22-26,28-29H,7-8,20-21,27H2,1-6H3,(H,44,49)(H,43,45,48). The van der Waals surface area contributed by atoms with E-state index in [9.17, 15) is 9.59 Å². The van der Waals surface area contributed by atoms with Crippen LogP contribution in [0.2, 0.25) is 0 Å². The fourth-order valence-corrected chi connectivity index (χ4v) is 5.87. The number of pyridine rings is 3. The van der Waals surface area contributed by atoms with Crippen molar-refractivity contribution in [3.8, 4) is 23.0 Å². The minimum Gasteiger partial charge on any atom is -0.307 e. The van der Waals surface area contributed by atoms with Gasteiger partial charge in [0, 0.05) is 48.3 Å². The van der Waals surface area contributed by atoms with Crippen LogP contribution < -0.4 is 15.8 Å². The minimum absolute atomic E-state index is 0.130. The van der Waals surface area contributed by atoms with Gasteiger partial charge in [0.2, 0.25) is 0 Å². The summed E-state index contributed by atoms with van der Waals surface area (Å²) in [6, 6.07) is 21.8. The maximum Gasteiger partial charge on any atom is 0.326 e. The Labute approximate surface area is 289 Å². The molecule has 8 heteroatoms. The van der Waals surface area contributed by atoms with Crippen molar-refractivity contribution in [2.75, 3.05) is 30.4 Å². The zero-order valence-electron chi connectivity index (χ0n) is 29.4. The van der Waals surface area contributed by atoms with Crippen LogP contribution in [0.15, 0.2) is 90.1 Å². The third kappa shape index (κ3) is 8.81. The van der Waals surface area contributed by atoms with Crippen LogP contribution in [0.4, 0.5) is 16.2 Å². The maximum absolute atomic E-state index is 14.1. The molecule has 0 bridgehead atoms. The number of aromatic nitrogens is 3. The van der Waals surface area contributed by atoms with Crippen LogP contribution in [0.25, 0.3) is 22.2 Å². The summed E-state index contributed by atoms with van der Waals surface area (Å²) in [5, 5.41) is 4.03. The van der Waals surface area contributed by atoms with E-state index in [1.807, 2.05) is 36.5 Å². The predicted octanol–water partition coefficient (Wildman–Crippen LogP) is 8.55. The highest BCUT2D eigenvalue weighted by molar-refractivity contribution is 6.03. The third-order valence-electron chi connectivity index (χ3n) is 8.50. The Morgan fingerprint density at radius 3 is 2.39 bits per heavy atom. The van der Waals surface area contributed by atoms with E-state index in [1.165, 1.54) is 0 Å². The number of amides is 2. The van der Waals surface area contributed by atoms with E-state index in [0.717, 1.165) is 63.8 Å². The summed E-state index contributed by atoms with van der Waals surface area (Å²) in [6.07, 6.45) is 6.94. The van der Waals surface area contributed by atoms with Gasteiger partial charge < -0.3 is 10.3 Å². The molecule has 2 aromatic carbocycles. The zero-order chi connectivity index (χ0) is 34.9. The molecule has 0 saturated heterocycles. The molecule has 2 amide bonds. The minimum atomic E-state index is -0.343. The highest BCUT2D eigenvalue weighted by Crippen LogP contribution is 2.38. The van der Waals surface area contributed by atoms with Crippen LogP contribution in [0.1, 0.15) is 81.5 Å². The summed E-state index contributed by atoms with van der Waals surface area (Å²) in [7, 11) is 2.06. The van der Waals surface area contributed by atoms with Crippen molar-refractivity contribution in [2.45, 2.75) is 65.8 Å². The van der Waals surface area contributed by atoms with Crippen molar-refractivity contribution in [3.63, 3.8) is 0 Å². The molecular formula is C41H46N6O2. The molecule has 0 aliphatic rings. The molecule has 252 valence electrons. The molecule has 8 nitrogen and oxygen atoms in total. The number of H-pyrrole nitrogens is 1. The summed E-state index contributed by atoms with van der Waals surface area (Å²) in [4.78, 5) is 42.4. The summed E-state index contributed by atoms with van der Waals surface area (Å²) >= 11 is 0. The van der Waals surface area contributed by atoms with E-state index in [0.29, 0.717) is 24.4 Å². The lowest BCUT2D eigenvalue weighted by Crippen LogP contribution is -2.39. The fourth-order valence-electron chi connectivity index (χ4n) is 5.87. The largest absolute Gasteiger partial charge is 0.326 e. The first-order valence-corrected chi connectivity index (χ1v) is 17.1. The normalized spacial score (nSPS) is 11.2. The Kier molecular flexibility index (Phi) is 11.6. The van der Waals surface area contributed by atoms with Crippen molar-refractivity contribution in [2.24, 2.45) is 0 Å². The average Bonchev–Trinajstić information content (AvgIpc) is 3.09. The lowest BCUT2D eigenvalue weighted by molar-refractivity contribution is 0.256. The van der Waals surface area contributed by atoms with Gasteiger partial charge in [0.15, 0.2) is 0 Å². The molecule has 3 heterocycles. The Morgan fingerprint density at radius 1 is 0.939 bits per heavy atom. The number of nitrogens with one attached hydrogen (secondary N) is 2. The highest BCUT2D eigenvalue weighted by atomic mass is 16.2. The van der Waals surface area contributed by atoms with Crippen LogP contribution in [0.5, 0.6) is 0 Å². The number of carbonyl (C=O) groups excluding carboxylic acids is 1. The number of hydrogen-bond acceptors (Lipinski definition) is 5. The van der Waals surface area contributed by atoms with Crippen molar-refractivity contribution in [3.05, 3.63) is 118 Å². The number of hydrogen-bond donors (Lipinski definition) is 2. The molecule has 5 aromatic rings. The summed E-state index contributed by atoms with van der Waals surface area (Å²) in [6.45, 7) is 12.5. The monoisotopic (exact) mass is 654 g/mol. The predicted molar refractivity (Wildman–Crippen MR) is 201 cm³/mol. The number of unbranched alkanes of at least 4 members (excludes halogenated alkanes) is 1. The van der Waals surface area contributed by atoms with E-state index >= 15 is 0 Å². The smallest absolute Gasteiger partial charge is 0.307 e. The van der Waals surface area contributed by atoms with Gasteiger partial charge in [-0.05, 0) is 102 Å². The van der Waals surface area contributed by atoms with Gasteiger partial charge in [-0.15, -0.1) is 0 Å². The quantitative estimate of drug-likeness (QED) is 0.139. The van der Waals surface area contributed by atoms with E-state index in [2.05, 4.69) is 109 Å². The molecule has 0 saturated carbocycles. The second-order valence-corrected chi connectivity index (χ2v) is 13.1. The summed E-state index contributed by atoms with van der Waals surface area (Å²) < 4.78 is 0. The van der Waals surface area contributed by atoms with Gasteiger partial charge in [-0.3, -0.25) is 19.6 Å². The van der Waals surface area contributed by atoms with Gasteiger partial charge in [-0.1, -0.05) is 71.1 Å². The average molecular weight is 655 g/mol. The van der Waals surface area contributed by atoms with Gasteiger partial charge in [0.25, 0.3) is 5.56 Å². The fraction of sp³-hybridized carbons (Fsp3) is 0.317. The van der Waals surface area contributed by atoms with E-state index in [4.69, 9.17) is 0 Å². The number of rotatable bonds is 11. The second-order valence-electron chi connectivity index (χ2n) is 13.1. The highest BCUT2D eigenvalue weighted by Gasteiger charge is 2.24. The van der Waals surface area contributed by atoms with E-state index < -0.39 is 0 Å². The molecular weight excluding hydrogens is 608 g/mol. The number of nitrogens with zero attached hydrogens (tertiary/aromatic N) is 4. The Hall–Kier alpha value is -5.26. The number of urea groups is 1. The van der Waals surface area contributed by atoms with Gasteiger partial charge in [0.1, 0.15) is 11.3 Å². The van der Waals surface area contributed by atoms with Crippen molar-refractivity contribution >= 4 is 28.4 Å². The van der Waals surface area contributed by atoms with E-state index in [-0.39, 0.29) is 23.4 Å². The molecule has 0 atom stereocenters. The Balaban J connectivity index is 1.44. The topological polar surface area (TPSA) is 94.2 Å². The van der Waals surface area contributed by atoms with Gasteiger partial charge in [-0.25, -0.2) is 9.78 Å². The number of carbonyl (C=O) groups is 1. The van der Waals surface area contributed by atoms with Crippen molar-refractivity contribution in [1.29, 1.82) is 0 Å². The first kappa shape index (κ1) is 35.1. The number of benzene rings is 2. The first-order valence-electron chi connectivity index (χ1n) is 17.1. The van der Waals surface area contributed by atoms with Crippen LogP contribution in [0, 0.1) is 11.8 Å². The molecule has 5 rings (SSSR count).